The summed E-state index contributed by atoms with van der Waals surface area (Å²) in [5, 5.41) is 11.3. The summed E-state index contributed by atoms with van der Waals surface area (Å²) in [6, 6.07) is 8.88. The lowest BCUT2D eigenvalue weighted by atomic mass is 10.2. The maximum atomic E-state index is 12.0. The van der Waals surface area contributed by atoms with Gasteiger partial charge in [0.15, 0.2) is 0 Å². The number of anilines is 1. The molecule has 1 rings (SSSR count). The van der Waals surface area contributed by atoms with Gasteiger partial charge in [-0.05, 0) is 12.1 Å². The molecule has 0 aliphatic rings. The molecule has 20 heavy (non-hydrogen) atoms. The molecule has 112 valence electrons. The molecule has 0 atom stereocenters. The molecule has 0 amide bonds. The Morgan fingerprint density at radius 3 is 2.45 bits per heavy atom. The van der Waals surface area contributed by atoms with Crippen LogP contribution in [0.1, 0.15) is 6.42 Å². The number of para-hydroxylation sites is 1. The van der Waals surface area contributed by atoms with E-state index in [1.807, 2.05) is 0 Å². The summed E-state index contributed by atoms with van der Waals surface area (Å²) in [5.41, 5.74) is 6.10. The standard InChI is InChI=1S/C12H16F3N3O2/c13-12(14,15)20-9-8-18(7-6-11(16)17-19)10-4-2-1-3-5-10/h1-5,19H,6-9H2,(H2,16,17). The molecular formula is C12H16F3N3O2. The van der Waals surface area contributed by atoms with Crippen LogP contribution in [0.5, 0.6) is 0 Å². The molecule has 1 aromatic carbocycles. The second-order valence-corrected chi connectivity index (χ2v) is 3.96. The minimum Gasteiger partial charge on any atom is -0.409 e. The summed E-state index contributed by atoms with van der Waals surface area (Å²) in [4.78, 5) is 1.67. The van der Waals surface area contributed by atoms with E-state index in [0.29, 0.717) is 6.54 Å². The highest BCUT2D eigenvalue weighted by molar-refractivity contribution is 5.80. The van der Waals surface area contributed by atoms with Crippen molar-refractivity contribution >= 4 is 11.5 Å². The van der Waals surface area contributed by atoms with Crippen LogP contribution in [0.25, 0.3) is 0 Å². The maximum absolute atomic E-state index is 12.0. The van der Waals surface area contributed by atoms with E-state index in [0.717, 1.165) is 5.69 Å². The first-order chi connectivity index (χ1) is 9.42. The van der Waals surface area contributed by atoms with Crippen LogP contribution in [0.3, 0.4) is 0 Å². The highest BCUT2D eigenvalue weighted by Gasteiger charge is 2.28. The zero-order valence-electron chi connectivity index (χ0n) is 10.7. The average molecular weight is 291 g/mol. The van der Waals surface area contributed by atoms with E-state index >= 15 is 0 Å². The fourth-order valence-corrected chi connectivity index (χ4v) is 1.58. The minimum absolute atomic E-state index is 0.0164. The van der Waals surface area contributed by atoms with E-state index in [4.69, 9.17) is 10.9 Å². The van der Waals surface area contributed by atoms with Crippen LogP contribution in [0, 0.1) is 0 Å². The number of nitrogens with two attached hydrogens (primary N) is 1. The first kappa shape index (κ1) is 16.1. The SMILES string of the molecule is NC(CCN(CCOC(F)(F)F)c1ccccc1)=NO. The van der Waals surface area contributed by atoms with E-state index in [9.17, 15) is 13.2 Å². The lowest BCUT2D eigenvalue weighted by Crippen LogP contribution is -2.32. The summed E-state index contributed by atoms with van der Waals surface area (Å²) in [6.07, 6.45) is -4.41. The lowest BCUT2D eigenvalue weighted by Gasteiger charge is -2.24. The van der Waals surface area contributed by atoms with Gasteiger partial charge in [0, 0.05) is 25.2 Å². The summed E-state index contributed by atoms with van der Waals surface area (Å²) >= 11 is 0. The Labute approximate surface area is 114 Å². The number of hydrogen-bond acceptors (Lipinski definition) is 4. The number of benzene rings is 1. The van der Waals surface area contributed by atoms with Crippen molar-refractivity contribution in [3.05, 3.63) is 30.3 Å². The van der Waals surface area contributed by atoms with Crippen molar-refractivity contribution in [2.24, 2.45) is 10.9 Å². The first-order valence-corrected chi connectivity index (χ1v) is 5.89. The monoisotopic (exact) mass is 291 g/mol. The molecule has 0 heterocycles. The molecule has 0 fully saturated rings. The normalized spacial score (nSPS) is 12.4. The number of nitrogens with zero attached hydrogens (tertiary/aromatic N) is 2. The fraction of sp³-hybridized carbons (Fsp3) is 0.417. The van der Waals surface area contributed by atoms with Gasteiger partial charge in [-0.1, -0.05) is 23.4 Å². The van der Waals surface area contributed by atoms with Gasteiger partial charge in [-0.2, -0.15) is 0 Å². The van der Waals surface area contributed by atoms with E-state index in [1.54, 1.807) is 35.2 Å². The topological polar surface area (TPSA) is 71.1 Å². The van der Waals surface area contributed by atoms with Gasteiger partial charge >= 0.3 is 6.36 Å². The van der Waals surface area contributed by atoms with Crippen molar-refractivity contribution in [1.82, 2.24) is 0 Å². The van der Waals surface area contributed by atoms with Crippen molar-refractivity contribution in [1.29, 1.82) is 0 Å². The van der Waals surface area contributed by atoms with E-state index in [1.165, 1.54) is 0 Å². The van der Waals surface area contributed by atoms with Gasteiger partial charge in [-0.15, -0.1) is 13.2 Å². The Hall–Kier alpha value is -1.96. The zero-order valence-corrected chi connectivity index (χ0v) is 10.7. The maximum Gasteiger partial charge on any atom is 0.522 e. The summed E-state index contributed by atoms with van der Waals surface area (Å²) in [5.74, 6) is 0.0164. The molecule has 0 radical (unpaired) electrons. The molecule has 0 saturated carbocycles. The van der Waals surface area contributed by atoms with Crippen LogP contribution in [-0.4, -0.2) is 37.1 Å². The number of rotatable bonds is 7. The Kier molecular flexibility index (Phi) is 6.10. The molecular weight excluding hydrogens is 275 g/mol. The molecule has 0 unspecified atom stereocenters. The third-order valence-corrected chi connectivity index (χ3v) is 2.51. The number of ether oxygens (including phenoxy) is 1. The van der Waals surface area contributed by atoms with Crippen LogP contribution in [0.2, 0.25) is 0 Å². The Morgan fingerprint density at radius 2 is 1.90 bits per heavy atom. The predicted molar refractivity (Wildman–Crippen MR) is 68.7 cm³/mol. The third kappa shape index (κ3) is 6.28. The molecule has 0 aliphatic heterocycles. The summed E-state index contributed by atoms with van der Waals surface area (Å²) in [6.45, 7) is -0.127. The second kappa shape index (κ2) is 7.59. The molecule has 0 saturated heterocycles. The molecule has 8 heteroatoms. The predicted octanol–water partition coefficient (Wildman–Crippen LogP) is 2.17. The summed E-state index contributed by atoms with van der Waals surface area (Å²) in [7, 11) is 0. The van der Waals surface area contributed by atoms with E-state index < -0.39 is 13.0 Å². The van der Waals surface area contributed by atoms with Crippen LogP contribution >= 0.6 is 0 Å². The minimum atomic E-state index is -4.64. The van der Waals surface area contributed by atoms with Gasteiger partial charge in [0.25, 0.3) is 0 Å². The van der Waals surface area contributed by atoms with Gasteiger partial charge in [-0.25, -0.2) is 0 Å². The largest absolute Gasteiger partial charge is 0.522 e. The molecule has 0 aliphatic carbocycles. The number of alkyl halides is 3. The number of oxime groups is 1. The average Bonchev–Trinajstić information content (AvgIpc) is 2.42. The highest BCUT2D eigenvalue weighted by atomic mass is 19.4. The second-order valence-electron chi connectivity index (χ2n) is 3.96. The Balaban J connectivity index is 2.60. The smallest absolute Gasteiger partial charge is 0.409 e. The van der Waals surface area contributed by atoms with Gasteiger partial charge in [0.1, 0.15) is 5.84 Å². The Bertz CT molecular complexity index is 424. The van der Waals surface area contributed by atoms with Crippen molar-refractivity contribution in [2.45, 2.75) is 12.8 Å². The van der Waals surface area contributed by atoms with Crippen molar-refractivity contribution in [2.75, 3.05) is 24.6 Å². The van der Waals surface area contributed by atoms with Gasteiger partial charge in [-0.3, -0.25) is 4.74 Å². The van der Waals surface area contributed by atoms with Crippen molar-refractivity contribution < 1.29 is 23.1 Å². The molecule has 1 aromatic rings. The first-order valence-electron chi connectivity index (χ1n) is 5.89. The molecule has 3 N–H and O–H groups in total. The quantitative estimate of drug-likeness (QED) is 0.349. The molecule has 0 aromatic heterocycles. The van der Waals surface area contributed by atoms with Crippen LogP contribution in [0.15, 0.2) is 35.5 Å². The fourth-order valence-electron chi connectivity index (χ4n) is 1.58. The van der Waals surface area contributed by atoms with Gasteiger partial charge in [0.2, 0.25) is 0 Å². The van der Waals surface area contributed by atoms with Crippen LogP contribution < -0.4 is 10.6 Å². The summed E-state index contributed by atoms with van der Waals surface area (Å²) < 4.78 is 39.7. The molecule has 0 spiro atoms. The molecule has 5 nitrogen and oxygen atoms in total. The van der Waals surface area contributed by atoms with Crippen LogP contribution in [-0.2, 0) is 4.74 Å². The molecule has 0 bridgehead atoms. The van der Waals surface area contributed by atoms with Gasteiger partial charge in [0.05, 0.1) is 6.61 Å². The van der Waals surface area contributed by atoms with Crippen molar-refractivity contribution in [3.8, 4) is 0 Å². The number of amidine groups is 1. The van der Waals surface area contributed by atoms with Crippen LogP contribution in [0.4, 0.5) is 18.9 Å². The number of hydrogen-bond donors (Lipinski definition) is 2. The van der Waals surface area contributed by atoms with Crippen molar-refractivity contribution in [3.63, 3.8) is 0 Å². The third-order valence-electron chi connectivity index (χ3n) is 2.51. The number of halogens is 3. The highest BCUT2D eigenvalue weighted by Crippen LogP contribution is 2.17. The Morgan fingerprint density at radius 1 is 1.25 bits per heavy atom. The van der Waals surface area contributed by atoms with Gasteiger partial charge < -0.3 is 15.8 Å². The zero-order chi connectivity index (χ0) is 15.0. The van der Waals surface area contributed by atoms with E-state index in [2.05, 4.69) is 9.89 Å². The van der Waals surface area contributed by atoms with E-state index in [-0.39, 0.29) is 18.8 Å². The lowest BCUT2D eigenvalue weighted by molar-refractivity contribution is -0.323.